The molecule has 1 aromatic carbocycles. The van der Waals surface area contributed by atoms with Gasteiger partial charge in [-0.1, -0.05) is 0 Å². The molecule has 5 heteroatoms. The van der Waals surface area contributed by atoms with Crippen LogP contribution < -0.4 is 4.74 Å². The lowest BCUT2D eigenvalue weighted by Crippen LogP contribution is -2.05. The average Bonchev–Trinajstić information content (AvgIpc) is 2.80. The van der Waals surface area contributed by atoms with Gasteiger partial charge in [-0.3, -0.25) is 9.59 Å². The van der Waals surface area contributed by atoms with Crippen molar-refractivity contribution in [3.63, 3.8) is 0 Å². The summed E-state index contributed by atoms with van der Waals surface area (Å²) in [5, 5.41) is 0. The molecular weight excluding hydrogens is 298 g/mol. The van der Waals surface area contributed by atoms with Crippen molar-refractivity contribution in [2.24, 2.45) is 0 Å². The monoisotopic (exact) mass is 317 g/mol. The summed E-state index contributed by atoms with van der Waals surface area (Å²) in [5.74, 6) is 1.09. The van der Waals surface area contributed by atoms with Gasteiger partial charge in [-0.25, -0.2) is 0 Å². The number of hydrogen-bond acceptors (Lipinski definition) is 4. The summed E-state index contributed by atoms with van der Waals surface area (Å²) in [4.78, 5) is 28.0. The topological polar surface area (TPSA) is 59.2 Å². The van der Waals surface area contributed by atoms with E-state index in [4.69, 9.17) is 4.74 Å². The van der Waals surface area contributed by atoms with Gasteiger partial charge in [0, 0.05) is 16.2 Å². The third kappa shape index (κ3) is 3.42. The Labute approximate surface area is 134 Å². The molecule has 0 saturated heterocycles. The molecule has 0 amide bonds. The second-order valence-electron chi connectivity index (χ2n) is 5.07. The first-order chi connectivity index (χ1) is 10.4. The van der Waals surface area contributed by atoms with E-state index in [9.17, 15) is 9.59 Å². The van der Waals surface area contributed by atoms with Crippen LogP contribution >= 0.6 is 11.8 Å². The van der Waals surface area contributed by atoms with Crippen molar-refractivity contribution in [1.82, 2.24) is 4.98 Å². The molecule has 1 N–H and O–H groups in total. The van der Waals surface area contributed by atoms with Crippen LogP contribution in [0.3, 0.4) is 0 Å². The summed E-state index contributed by atoms with van der Waals surface area (Å²) < 4.78 is 5.11. The van der Waals surface area contributed by atoms with Crippen LogP contribution in [0.4, 0.5) is 0 Å². The number of nitrogens with one attached hydrogen (secondary N) is 1. The molecule has 0 bridgehead atoms. The summed E-state index contributed by atoms with van der Waals surface area (Å²) >= 11 is 1.46. The average molecular weight is 317 g/mol. The van der Waals surface area contributed by atoms with E-state index in [1.165, 1.54) is 18.7 Å². The lowest BCUT2D eigenvalue weighted by Gasteiger charge is -2.03. The summed E-state index contributed by atoms with van der Waals surface area (Å²) in [6.45, 7) is 5.15. The number of aromatic amines is 1. The molecular formula is C17H19NO3S. The fraction of sp³-hybridized carbons (Fsp3) is 0.294. The number of hydrogen-bond donors (Lipinski definition) is 1. The van der Waals surface area contributed by atoms with Crippen molar-refractivity contribution in [2.75, 3.05) is 12.9 Å². The highest BCUT2D eigenvalue weighted by Crippen LogP contribution is 2.24. The molecule has 2 rings (SSSR count). The van der Waals surface area contributed by atoms with Gasteiger partial charge in [0.1, 0.15) is 5.75 Å². The highest BCUT2D eigenvalue weighted by molar-refractivity contribution is 8.00. The van der Waals surface area contributed by atoms with Crippen molar-refractivity contribution >= 4 is 23.3 Å². The zero-order valence-corrected chi connectivity index (χ0v) is 14.0. The van der Waals surface area contributed by atoms with Gasteiger partial charge in [0.05, 0.1) is 18.6 Å². The van der Waals surface area contributed by atoms with Crippen molar-refractivity contribution in [3.05, 3.63) is 46.8 Å². The molecule has 116 valence electrons. The Balaban J connectivity index is 2.09. The van der Waals surface area contributed by atoms with E-state index in [0.29, 0.717) is 17.0 Å². The number of ether oxygens (including phenoxy) is 1. The van der Waals surface area contributed by atoms with E-state index in [1.54, 1.807) is 7.11 Å². The molecule has 1 aromatic heterocycles. The van der Waals surface area contributed by atoms with Gasteiger partial charge in [-0.2, -0.15) is 0 Å². The maximum Gasteiger partial charge on any atom is 0.189 e. The first-order valence-corrected chi connectivity index (χ1v) is 7.92. The number of thioether (sulfide) groups is 1. The van der Waals surface area contributed by atoms with Gasteiger partial charge < -0.3 is 9.72 Å². The van der Waals surface area contributed by atoms with Crippen LogP contribution in [0.5, 0.6) is 5.75 Å². The Bertz CT molecular complexity index is 701. The molecule has 0 atom stereocenters. The van der Waals surface area contributed by atoms with Gasteiger partial charge in [0.15, 0.2) is 11.6 Å². The number of aromatic nitrogens is 1. The molecule has 0 aliphatic rings. The third-order valence-corrected chi connectivity index (χ3v) is 4.51. The van der Waals surface area contributed by atoms with Gasteiger partial charge in [-0.15, -0.1) is 11.8 Å². The summed E-state index contributed by atoms with van der Waals surface area (Å²) in [6.07, 6.45) is 0. The van der Waals surface area contributed by atoms with Crippen LogP contribution in [0, 0.1) is 13.8 Å². The lowest BCUT2D eigenvalue weighted by molar-refractivity contribution is 0.101. The van der Waals surface area contributed by atoms with Crippen molar-refractivity contribution in [3.8, 4) is 5.75 Å². The highest BCUT2D eigenvalue weighted by Gasteiger charge is 2.19. The maximum atomic E-state index is 12.4. The summed E-state index contributed by atoms with van der Waals surface area (Å²) in [7, 11) is 1.62. The number of carbonyl (C=O) groups excluding carboxylic acids is 2. The number of Topliss-reactive ketones (excluding diaryl/α,β-unsaturated/α-hetero) is 2. The molecule has 0 fully saturated rings. The predicted molar refractivity (Wildman–Crippen MR) is 88.3 cm³/mol. The molecule has 22 heavy (non-hydrogen) atoms. The first kappa shape index (κ1) is 16.4. The summed E-state index contributed by atoms with van der Waals surface area (Å²) in [5.41, 5.74) is 2.65. The Morgan fingerprint density at radius 3 is 2.32 bits per heavy atom. The molecule has 0 saturated carbocycles. The minimum atomic E-state index is -0.0203. The molecule has 1 heterocycles. The smallest absolute Gasteiger partial charge is 0.189 e. The number of benzene rings is 1. The number of methoxy groups -OCH3 is 1. The van der Waals surface area contributed by atoms with Crippen molar-refractivity contribution in [1.29, 1.82) is 0 Å². The van der Waals surface area contributed by atoms with E-state index in [2.05, 4.69) is 4.98 Å². The van der Waals surface area contributed by atoms with Crippen LogP contribution in [0.2, 0.25) is 0 Å². The standard InChI is InChI=1S/C17H19NO3S/c1-10-16(12(3)19)11(2)18-17(10)15(20)9-22-14-7-5-13(21-4)6-8-14/h5-8,18H,9H2,1-4H3. The van der Waals surface area contributed by atoms with Gasteiger partial charge in [-0.05, 0) is 50.6 Å². The Hall–Kier alpha value is -2.01. The minimum absolute atomic E-state index is 0.00563. The molecule has 0 aliphatic carbocycles. The zero-order chi connectivity index (χ0) is 16.3. The Kier molecular flexibility index (Phi) is 5.08. The van der Waals surface area contributed by atoms with Crippen LogP contribution in [-0.4, -0.2) is 29.4 Å². The zero-order valence-electron chi connectivity index (χ0n) is 13.1. The SMILES string of the molecule is COc1ccc(SCC(=O)c2[nH]c(C)c(C(C)=O)c2C)cc1. The normalized spacial score (nSPS) is 10.5. The molecule has 0 unspecified atom stereocenters. The van der Waals surface area contributed by atoms with E-state index in [-0.39, 0.29) is 11.6 Å². The van der Waals surface area contributed by atoms with Crippen LogP contribution in [0.15, 0.2) is 29.2 Å². The van der Waals surface area contributed by atoms with Crippen molar-refractivity contribution < 1.29 is 14.3 Å². The third-order valence-electron chi connectivity index (χ3n) is 3.50. The lowest BCUT2D eigenvalue weighted by atomic mass is 10.1. The Morgan fingerprint density at radius 1 is 1.18 bits per heavy atom. The largest absolute Gasteiger partial charge is 0.497 e. The molecule has 0 spiro atoms. The molecule has 0 aliphatic heterocycles. The second kappa shape index (κ2) is 6.83. The van der Waals surface area contributed by atoms with Gasteiger partial charge in [0.25, 0.3) is 0 Å². The highest BCUT2D eigenvalue weighted by atomic mass is 32.2. The quantitative estimate of drug-likeness (QED) is 0.650. The van der Waals surface area contributed by atoms with Crippen LogP contribution in [0.25, 0.3) is 0 Å². The van der Waals surface area contributed by atoms with Crippen LogP contribution in [0.1, 0.15) is 39.0 Å². The van der Waals surface area contributed by atoms with E-state index < -0.39 is 0 Å². The first-order valence-electron chi connectivity index (χ1n) is 6.94. The molecule has 0 radical (unpaired) electrons. The van der Waals surface area contributed by atoms with Crippen molar-refractivity contribution in [2.45, 2.75) is 25.7 Å². The number of aryl methyl sites for hydroxylation is 1. The van der Waals surface area contributed by atoms with Crippen LogP contribution in [-0.2, 0) is 0 Å². The number of H-pyrrole nitrogens is 1. The van der Waals surface area contributed by atoms with E-state index >= 15 is 0 Å². The number of rotatable bonds is 6. The number of ketones is 2. The summed E-state index contributed by atoms with van der Waals surface area (Å²) in [6, 6.07) is 7.57. The second-order valence-corrected chi connectivity index (χ2v) is 6.12. The Morgan fingerprint density at radius 2 is 1.82 bits per heavy atom. The molecule has 2 aromatic rings. The molecule has 4 nitrogen and oxygen atoms in total. The predicted octanol–water partition coefficient (Wildman–Crippen LogP) is 3.82. The minimum Gasteiger partial charge on any atom is -0.497 e. The number of carbonyl (C=O) groups is 2. The van der Waals surface area contributed by atoms with E-state index in [1.807, 2.05) is 38.1 Å². The fourth-order valence-corrected chi connectivity index (χ4v) is 3.22. The van der Waals surface area contributed by atoms with E-state index in [0.717, 1.165) is 21.9 Å². The maximum absolute atomic E-state index is 12.4. The van der Waals surface area contributed by atoms with Gasteiger partial charge >= 0.3 is 0 Å². The fourth-order valence-electron chi connectivity index (χ4n) is 2.45. The van der Waals surface area contributed by atoms with Gasteiger partial charge in [0.2, 0.25) is 0 Å².